The molecule has 3 rings (SSSR count). The molecule has 1 heterocycles. The van der Waals surface area contributed by atoms with Crippen LogP contribution in [0.2, 0.25) is 10.0 Å². The average Bonchev–Trinajstić information content (AvgIpc) is 2.98. The van der Waals surface area contributed by atoms with Gasteiger partial charge < -0.3 is 19.8 Å². The molecule has 0 bridgehead atoms. The van der Waals surface area contributed by atoms with E-state index in [-0.39, 0.29) is 40.3 Å². The number of amides is 1. The van der Waals surface area contributed by atoms with E-state index in [9.17, 15) is 19.8 Å². The Kier molecular flexibility index (Phi) is 7.26. The normalized spacial score (nSPS) is 18.2. The molecule has 1 unspecified atom stereocenters. The summed E-state index contributed by atoms with van der Waals surface area (Å²) >= 11 is 12.0. The van der Waals surface area contributed by atoms with Gasteiger partial charge in [-0.2, -0.15) is 0 Å². The monoisotopic (exact) mass is 463 g/mol. The minimum atomic E-state index is -0.811. The molecule has 0 radical (unpaired) electrons. The number of aliphatic hydroxyl groups is 1. The van der Waals surface area contributed by atoms with Crippen LogP contribution in [0.4, 0.5) is 0 Å². The maximum absolute atomic E-state index is 12.9. The second-order valence-electron chi connectivity index (χ2n) is 7.49. The molecule has 31 heavy (non-hydrogen) atoms. The molecule has 1 aliphatic rings. The molecule has 1 amide bonds. The zero-order chi connectivity index (χ0) is 22.7. The number of hydrogen-bond acceptors (Lipinski definition) is 5. The molecular weight excluding hydrogens is 441 g/mol. The third-order valence-electron chi connectivity index (χ3n) is 4.94. The fraction of sp³-hybridized carbons (Fsp3) is 0.304. The highest BCUT2D eigenvalue weighted by Gasteiger charge is 2.45. The molecule has 2 aromatic carbocycles. The van der Waals surface area contributed by atoms with Crippen LogP contribution in [0.5, 0.6) is 5.75 Å². The van der Waals surface area contributed by atoms with E-state index in [4.69, 9.17) is 27.9 Å². The van der Waals surface area contributed by atoms with Crippen LogP contribution < -0.4 is 0 Å². The molecule has 8 heteroatoms. The molecule has 6 nitrogen and oxygen atoms in total. The number of aliphatic hydroxyl groups excluding tert-OH is 1. The van der Waals surface area contributed by atoms with Gasteiger partial charge in [-0.15, -0.1) is 0 Å². The lowest BCUT2D eigenvalue weighted by Crippen LogP contribution is -2.31. The van der Waals surface area contributed by atoms with Gasteiger partial charge in [-0.3, -0.25) is 9.59 Å². The van der Waals surface area contributed by atoms with Crippen LogP contribution in [0.25, 0.3) is 5.76 Å². The maximum Gasteiger partial charge on any atom is 0.295 e. The van der Waals surface area contributed by atoms with Crippen molar-refractivity contribution in [3.63, 3.8) is 0 Å². The molecule has 2 N–H and O–H groups in total. The molecule has 1 aliphatic heterocycles. The first-order valence-electron chi connectivity index (χ1n) is 9.85. The predicted octanol–water partition coefficient (Wildman–Crippen LogP) is 4.94. The van der Waals surface area contributed by atoms with Crippen LogP contribution in [-0.2, 0) is 14.3 Å². The van der Waals surface area contributed by atoms with E-state index >= 15 is 0 Å². The van der Waals surface area contributed by atoms with E-state index < -0.39 is 17.7 Å². The topological polar surface area (TPSA) is 87.1 Å². The summed E-state index contributed by atoms with van der Waals surface area (Å²) in [6.45, 7) is 4.52. The highest BCUT2D eigenvalue weighted by Crippen LogP contribution is 2.40. The van der Waals surface area contributed by atoms with Crippen LogP contribution in [0.1, 0.15) is 37.4 Å². The molecular formula is C23H23Cl2NO5. The largest absolute Gasteiger partial charge is 0.508 e. The van der Waals surface area contributed by atoms with E-state index in [0.717, 1.165) is 0 Å². The van der Waals surface area contributed by atoms with E-state index in [1.165, 1.54) is 35.2 Å². The first kappa shape index (κ1) is 23.1. The van der Waals surface area contributed by atoms with E-state index in [1.54, 1.807) is 12.1 Å². The standard InChI is InChI=1S/C23H23Cl2NO5/c1-13(2)31-11-3-10-26-20(14-4-7-16(27)8-5-14)19(22(29)23(26)30)21(28)15-6-9-17(24)18(25)12-15/h4-9,12-13,20,27-28H,3,10-11H2,1-2H3/b21-19-. The third kappa shape index (κ3) is 5.03. The van der Waals surface area contributed by atoms with Crippen molar-refractivity contribution >= 4 is 40.7 Å². The van der Waals surface area contributed by atoms with Crippen LogP contribution in [-0.4, -0.2) is 46.1 Å². The number of phenolic OH excluding ortho intramolecular Hbond substituents is 1. The van der Waals surface area contributed by atoms with Gasteiger partial charge in [-0.05, 0) is 56.2 Å². The number of likely N-dealkylation sites (tertiary alicyclic amines) is 1. The minimum Gasteiger partial charge on any atom is -0.508 e. The first-order chi connectivity index (χ1) is 14.7. The Hall–Kier alpha value is -2.54. The van der Waals surface area contributed by atoms with Crippen molar-refractivity contribution in [1.82, 2.24) is 4.90 Å². The molecule has 0 saturated carbocycles. The number of aromatic hydroxyl groups is 1. The molecule has 1 atom stereocenters. The van der Waals surface area contributed by atoms with Crippen molar-refractivity contribution in [1.29, 1.82) is 0 Å². The molecule has 1 fully saturated rings. The van der Waals surface area contributed by atoms with E-state index in [0.29, 0.717) is 23.6 Å². The third-order valence-corrected chi connectivity index (χ3v) is 5.68. The quantitative estimate of drug-likeness (QED) is 0.263. The summed E-state index contributed by atoms with van der Waals surface area (Å²) < 4.78 is 5.54. The highest BCUT2D eigenvalue weighted by atomic mass is 35.5. The van der Waals surface area contributed by atoms with Crippen molar-refractivity contribution < 1.29 is 24.5 Å². The zero-order valence-corrected chi connectivity index (χ0v) is 18.7. The number of ketones is 1. The fourth-order valence-electron chi connectivity index (χ4n) is 3.47. The van der Waals surface area contributed by atoms with Crippen molar-refractivity contribution in [2.45, 2.75) is 32.4 Å². The average molecular weight is 464 g/mol. The number of Topliss-reactive ketones (excluding diaryl/α,β-unsaturated/α-hetero) is 1. The molecule has 1 saturated heterocycles. The molecule has 2 aromatic rings. The van der Waals surface area contributed by atoms with Crippen LogP contribution >= 0.6 is 23.2 Å². The summed E-state index contributed by atoms with van der Waals surface area (Å²) in [4.78, 5) is 27.2. The van der Waals surface area contributed by atoms with Crippen molar-refractivity contribution in [2.24, 2.45) is 0 Å². The number of phenols is 1. The number of carbonyl (C=O) groups excluding carboxylic acids is 2. The Morgan fingerprint density at radius 3 is 2.39 bits per heavy atom. The Morgan fingerprint density at radius 2 is 1.77 bits per heavy atom. The minimum absolute atomic E-state index is 0.0427. The number of carbonyl (C=O) groups is 2. The first-order valence-corrected chi connectivity index (χ1v) is 10.6. The molecule has 0 aromatic heterocycles. The molecule has 164 valence electrons. The number of ether oxygens (including phenoxy) is 1. The van der Waals surface area contributed by atoms with Gasteiger partial charge in [-0.25, -0.2) is 0 Å². The molecule has 0 aliphatic carbocycles. The number of benzene rings is 2. The maximum atomic E-state index is 12.9. The Bertz CT molecular complexity index is 1020. The van der Waals surface area contributed by atoms with Crippen molar-refractivity contribution in [3.05, 3.63) is 69.2 Å². The lowest BCUT2D eigenvalue weighted by atomic mass is 9.95. The van der Waals surface area contributed by atoms with Gasteiger partial charge in [0.15, 0.2) is 0 Å². The summed E-state index contributed by atoms with van der Waals surface area (Å²) in [5.74, 6) is -1.78. The Balaban J connectivity index is 2.04. The Morgan fingerprint density at radius 1 is 1.10 bits per heavy atom. The molecule has 0 spiro atoms. The van der Waals surface area contributed by atoms with Gasteiger partial charge in [-0.1, -0.05) is 35.3 Å². The summed E-state index contributed by atoms with van der Waals surface area (Å²) in [6, 6.07) is 9.84. The van der Waals surface area contributed by atoms with Crippen LogP contribution in [0.3, 0.4) is 0 Å². The summed E-state index contributed by atoms with van der Waals surface area (Å²) in [6.07, 6.45) is 0.574. The van der Waals surface area contributed by atoms with Crippen LogP contribution in [0.15, 0.2) is 48.0 Å². The van der Waals surface area contributed by atoms with Crippen molar-refractivity contribution in [3.8, 4) is 5.75 Å². The lowest BCUT2D eigenvalue weighted by Gasteiger charge is -2.25. The van der Waals surface area contributed by atoms with E-state index in [2.05, 4.69) is 0 Å². The predicted molar refractivity (Wildman–Crippen MR) is 119 cm³/mol. The number of rotatable bonds is 7. The van der Waals surface area contributed by atoms with Gasteiger partial charge in [0, 0.05) is 18.7 Å². The smallest absolute Gasteiger partial charge is 0.295 e. The van der Waals surface area contributed by atoms with Gasteiger partial charge in [0.2, 0.25) is 0 Å². The Labute approximate surface area is 190 Å². The highest BCUT2D eigenvalue weighted by molar-refractivity contribution is 6.46. The SMILES string of the molecule is CC(C)OCCCN1C(=O)C(=O)/C(=C(\O)c2ccc(Cl)c(Cl)c2)C1c1ccc(O)cc1. The second-order valence-corrected chi connectivity index (χ2v) is 8.30. The number of nitrogens with zero attached hydrogens (tertiary/aromatic N) is 1. The zero-order valence-electron chi connectivity index (χ0n) is 17.1. The van der Waals surface area contributed by atoms with Gasteiger partial charge in [0.05, 0.1) is 27.8 Å². The fourth-order valence-corrected chi connectivity index (χ4v) is 3.76. The van der Waals surface area contributed by atoms with E-state index in [1.807, 2.05) is 13.8 Å². The summed E-state index contributed by atoms with van der Waals surface area (Å²) in [5.41, 5.74) is 0.821. The van der Waals surface area contributed by atoms with Gasteiger partial charge >= 0.3 is 0 Å². The van der Waals surface area contributed by atoms with Gasteiger partial charge in [0.1, 0.15) is 11.5 Å². The summed E-state index contributed by atoms with van der Waals surface area (Å²) in [5, 5.41) is 21.1. The number of halogens is 2. The van der Waals surface area contributed by atoms with Gasteiger partial charge in [0.25, 0.3) is 11.7 Å². The van der Waals surface area contributed by atoms with Crippen molar-refractivity contribution in [2.75, 3.05) is 13.2 Å². The summed E-state index contributed by atoms with van der Waals surface area (Å²) in [7, 11) is 0. The lowest BCUT2D eigenvalue weighted by molar-refractivity contribution is -0.140. The number of hydrogen-bond donors (Lipinski definition) is 2. The second kappa shape index (κ2) is 9.73. The van der Waals surface area contributed by atoms with Crippen LogP contribution in [0, 0.1) is 0 Å².